The third-order valence-electron chi connectivity index (χ3n) is 6.51. The summed E-state index contributed by atoms with van der Waals surface area (Å²) < 4.78 is 2.72. The van der Waals surface area contributed by atoms with Gasteiger partial charge in [0.05, 0.1) is 0 Å². The molecule has 1 heteroatoms. The topological polar surface area (TPSA) is 0 Å². The maximum atomic E-state index is 2.38. The Bertz CT molecular complexity index is 1620. The van der Waals surface area contributed by atoms with Gasteiger partial charge in [-0.05, 0) is 62.7 Å². The quantitative estimate of drug-likeness (QED) is 0.260. The summed E-state index contributed by atoms with van der Waals surface area (Å²) in [4.78, 5) is 0. The molecule has 1 aliphatic rings. The fourth-order valence-electron chi connectivity index (χ4n) is 5.14. The number of hydrogen-bond acceptors (Lipinski definition) is 1. The first kappa shape index (κ1) is 16.4. The van der Waals surface area contributed by atoms with Gasteiger partial charge in [-0.1, -0.05) is 84.9 Å². The van der Waals surface area contributed by atoms with E-state index in [1.54, 1.807) is 0 Å². The molecule has 30 heavy (non-hydrogen) atoms. The number of benzene rings is 5. The van der Waals surface area contributed by atoms with Crippen LogP contribution in [0, 0.1) is 0 Å². The predicted octanol–water partition coefficient (Wildman–Crippen LogP) is 8.45. The van der Waals surface area contributed by atoms with E-state index in [1.807, 2.05) is 11.3 Å². The van der Waals surface area contributed by atoms with Gasteiger partial charge in [0.2, 0.25) is 0 Å². The Morgan fingerprint density at radius 2 is 1.27 bits per heavy atom. The standard InChI is InChI=1S/C29H18S/c1-2-8-21-18(6-1)16-20-7-5-10-25-22(14-15-26(21)29(20)25)19-12-13-24-23-9-3-4-11-27(23)30-28(24)17-19/h1-15,17H,16H2. The molecular formula is C29H18S. The Kier molecular flexibility index (Phi) is 3.30. The Hall–Kier alpha value is -3.42. The summed E-state index contributed by atoms with van der Waals surface area (Å²) in [6, 6.07) is 36.0. The van der Waals surface area contributed by atoms with Crippen molar-refractivity contribution >= 4 is 42.3 Å². The minimum atomic E-state index is 1.01. The van der Waals surface area contributed by atoms with Crippen molar-refractivity contribution in [2.75, 3.05) is 0 Å². The summed E-state index contributed by atoms with van der Waals surface area (Å²) in [6.07, 6.45) is 1.01. The van der Waals surface area contributed by atoms with Crippen molar-refractivity contribution in [2.24, 2.45) is 0 Å². The Labute approximate surface area is 179 Å². The molecule has 0 nitrogen and oxygen atoms in total. The van der Waals surface area contributed by atoms with E-state index >= 15 is 0 Å². The van der Waals surface area contributed by atoms with Crippen molar-refractivity contribution in [1.29, 1.82) is 0 Å². The van der Waals surface area contributed by atoms with Crippen LogP contribution in [0.5, 0.6) is 0 Å². The molecule has 0 unspecified atom stereocenters. The molecule has 140 valence electrons. The molecule has 0 N–H and O–H groups in total. The average Bonchev–Trinajstić information content (AvgIpc) is 3.17. The highest BCUT2D eigenvalue weighted by molar-refractivity contribution is 7.25. The summed E-state index contributed by atoms with van der Waals surface area (Å²) in [6.45, 7) is 0. The molecule has 0 amide bonds. The summed E-state index contributed by atoms with van der Waals surface area (Å²) >= 11 is 1.89. The molecule has 1 aliphatic carbocycles. The van der Waals surface area contributed by atoms with Crippen molar-refractivity contribution in [3.8, 4) is 22.3 Å². The fourth-order valence-corrected chi connectivity index (χ4v) is 6.29. The molecule has 0 bridgehead atoms. The maximum Gasteiger partial charge on any atom is 0.0361 e. The third-order valence-corrected chi connectivity index (χ3v) is 7.64. The van der Waals surface area contributed by atoms with Crippen LogP contribution in [0.2, 0.25) is 0 Å². The first-order valence-corrected chi connectivity index (χ1v) is 11.2. The van der Waals surface area contributed by atoms with Crippen LogP contribution in [0.3, 0.4) is 0 Å². The van der Waals surface area contributed by atoms with Crippen LogP contribution in [0.25, 0.3) is 53.2 Å². The smallest absolute Gasteiger partial charge is 0.0361 e. The summed E-state index contributed by atoms with van der Waals surface area (Å²) in [5.74, 6) is 0. The fraction of sp³-hybridized carbons (Fsp3) is 0.0345. The second-order valence-corrected chi connectivity index (χ2v) is 9.23. The highest BCUT2D eigenvalue weighted by Gasteiger charge is 2.19. The van der Waals surface area contributed by atoms with Crippen LogP contribution < -0.4 is 0 Å². The zero-order chi connectivity index (χ0) is 19.7. The average molecular weight is 399 g/mol. The molecule has 0 aliphatic heterocycles. The SMILES string of the molecule is c1ccc2c(c1)Cc1cccc3c(-c4ccc5c(c4)sc4ccccc45)ccc-2c13. The molecule has 1 heterocycles. The van der Waals surface area contributed by atoms with Gasteiger partial charge in [-0.2, -0.15) is 0 Å². The van der Waals surface area contributed by atoms with Crippen molar-refractivity contribution < 1.29 is 0 Å². The van der Waals surface area contributed by atoms with E-state index in [0.29, 0.717) is 0 Å². The molecule has 5 aromatic carbocycles. The number of hydrogen-bond donors (Lipinski definition) is 0. The van der Waals surface area contributed by atoms with Gasteiger partial charge >= 0.3 is 0 Å². The predicted molar refractivity (Wildman–Crippen MR) is 131 cm³/mol. The van der Waals surface area contributed by atoms with E-state index in [2.05, 4.69) is 97.1 Å². The van der Waals surface area contributed by atoms with E-state index in [9.17, 15) is 0 Å². The van der Waals surface area contributed by atoms with Gasteiger partial charge in [0.25, 0.3) is 0 Å². The molecule has 6 aromatic rings. The second-order valence-electron chi connectivity index (χ2n) is 8.14. The van der Waals surface area contributed by atoms with Gasteiger partial charge in [-0.15, -0.1) is 11.3 Å². The monoisotopic (exact) mass is 398 g/mol. The zero-order valence-corrected chi connectivity index (χ0v) is 17.2. The Morgan fingerprint density at radius 1 is 0.500 bits per heavy atom. The van der Waals surface area contributed by atoms with Gasteiger partial charge in [0.1, 0.15) is 0 Å². The highest BCUT2D eigenvalue weighted by atomic mass is 32.1. The van der Waals surface area contributed by atoms with Crippen LogP contribution in [-0.2, 0) is 6.42 Å². The van der Waals surface area contributed by atoms with Gasteiger partial charge in [-0.25, -0.2) is 0 Å². The van der Waals surface area contributed by atoms with Crippen LogP contribution in [0.1, 0.15) is 11.1 Å². The van der Waals surface area contributed by atoms with Gasteiger partial charge in [0, 0.05) is 20.2 Å². The molecular weight excluding hydrogens is 380 g/mol. The Morgan fingerprint density at radius 3 is 2.27 bits per heavy atom. The van der Waals surface area contributed by atoms with Crippen LogP contribution in [0.4, 0.5) is 0 Å². The van der Waals surface area contributed by atoms with E-state index in [-0.39, 0.29) is 0 Å². The molecule has 0 spiro atoms. The van der Waals surface area contributed by atoms with Crippen LogP contribution in [0.15, 0.2) is 97.1 Å². The molecule has 0 atom stereocenters. The van der Waals surface area contributed by atoms with E-state index in [1.165, 1.54) is 64.3 Å². The number of thiophene rings is 1. The largest absolute Gasteiger partial charge is 0.135 e. The lowest BCUT2D eigenvalue weighted by Gasteiger charge is -2.22. The summed E-state index contributed by atoms with van der Waals surface area (Å²) in [7, 11) is 0. The molecule has 0 saturated heterocycles. The van der Waals surface area contributed by atoms with Crippen molar-refractivity contribution in [2.45, 2.75) is 6.42 Å². The minimum Gasteiger partial charge on any atom is -0.135 e. The van der Waals surface area contributed by atoms with Crippen LogP contribution >= 0.6 is 11.3 Å². The molecule has 1 aromatic heterocycles. The van der Waals surface area contributed by atoms with Crippen molar-refractivity contribution in [3.05, 3.63) is 108 Å². The van der Waals surface area contributed by atoms with Crippen molar-refractivity contribution in [3.63, 3.8) is 0 Å². The van der Waals surface area contributed by atoms with Gasteiger partial charge in [-0.3, -0.25) is 0 Å². The van der Waals surface area contributed by atoms with E-state index in [0.717, 1.165) is 6.42 Å². The number of fused-ring (bicyclic) bond motifs is 5. The minimum absolute atomic E-state index is 1.01. The summed E-state index contributed by atoms with van der Waals surface area (Å²) in [5, 5.41) is 5.50. The second kappa shape index (κ2) is 6.04. The lowest BCUT2D eigenvalue weighted by atomic mass is 9.82. The zero-order valence-electron chi connectivity index (χ0n) is 16.4. The molecule has 0 radical (unpaired) electrons. The third kappa shape index (κ3) is 2.21. The van der Waals surface area contributed by atoms with Gasteiger partial charge in [0.15, 0.2) is 0 Å². The Balaban J connectivity index is 1.51. The highest BCUT2D eigenvalue weighted by Crippen LogP contribution is 2.44. The summed E-state index contributed by atoms with van der Waals surface area (Å²) in [5.41, 5.74) is 8.25. The lowest BCUT2D eigenvalue weighted by Crippen LogP contribution is -2.01. The maximum absolute atomic E-state index is 2.38. The molecule has 7 rings (SSSR count). The van der Waals surface area contributed by atoms with E-state index in [4.69, 9.17) is 0 Å². The normalized spacial score (nSPS) is 12.5. The van der Waals surface area contributed by atoms with E-state index < -0.39 is 0 Å². The number of rotatable bonds is 1. The van der Waals surface area contributed by atoms with Gasteiger partial charge < -0.3 is 0 Å². The lowest BCUT2D eigenvalue weighted by molar-refractivity contribution is 1.20. The first-order chi connectivity index (χ1) is 14.9. The van der Waals surface area contributed by atoms with Crippen LogP contribution in [-0.4, -0.2) is 0 Å². The first-order valence-electron chi connectivity index (χ1n) is 10.4. The molecule has 0 fully saturated rings. The molecule has 0 saturated carbocycles. The van der Waals surface area contributed by atoms with Crippen molar-refractivity contribution in [1.82, 2.24) is 0 Å².